The summed E-state index contributed by atoms with van der Waals surface area (Å²) >= 11 is 0. The summed E-state index contributed by atoms with van der Waals surface area (Å²) in [5.74, 6) is -3.36. The number of halogens is 3. The van der Waals surface area contributed by atoms with Gasteiger partial charge in [-0.1, -0.05) is 0 Å². The van der Waals surface area contributed by atoms with Crippen molar-refractivity contribution in [2.45, 2.75) is 32.4 Å². The summed E-state index contributed by atoms with van der Waals surface area (Å²) in [4.78, 5) is 26.3. The van der Waals surface area contributed by atoms with E-state index in [1.165, 1.54) is 6.92 Å². The number of hydrogen-bond donors (Lipinski definition) is 0. The van der Waals surface area contributed by atoms with Gasteiger partial charge in [-0.2, -0.15) is 0 Å². The second-order valence-electron chi connectivity index (χ2n) is 8.86. The van der Waals surface area contributed by atoms with Crippen molar-refractivity contribution in [1.82, 2.24) is 0 Å². The first-order chi connectivity index (χ1) is 17.3. The summed E-state index contributed by atoms with van der Waals surface area (Å²) < 4.78 is 47.3. The van der Waals surface area contributed by atoms with Crippen molar-refractivity contribution in [3.8, 4) is 0 Å². The Labute approximate surface area is 208 Å². The number of ether oxygens (including phenoxy) is 1. The molecule has 1 aliphatic rings. The van der Waals surface area contributed by atoms with Gasteiger partial charge >= 0.3 is 209 Å². The Kier molecular flexibility index (Phi) is 7.19. The van der Waals surface area contributed by atoms with Crippen LogP contribution in [0.15, 0.2) is 102 Å². The van der Waals surface area contributed by atoms with Crippen molar-refractivity contribution in [2.24, 2.45) is 0 Å². The number of rotatable bonds is 6. The molecule has 0 aromatic heterocycles. The predicted octanol–water partition coefficient (Wildman–Crippen LogP) is 5.65. The van der Waals surface area contributed by atoms with Crippen LogP contribution < -0.4 is 15.9 Å². The standard InChI is InChI=1S/C29H28F3O3P/c1-2-35-28(34)26(27(33)29(30,31)32)25-20-12-13-21-36(25,22-14-6-3-7-15-22,23-16-8-4-9-17-23)24-18-10-5-11-19-24/h3-11,14-19H,2,12-13,20-21H2,1H3/b26-25-. The monoisotopic (exact) mass is 512 g/mol. The Balaban J connectivity index is 2.31. The summed E-state index contributed by atoms with van der Waals surface area (Å²) in [7, 11) is 0. The van der Waals surface area contributed by atoms with Crippen LogP contribution in [-0.4, -0.2) is 30.7 Å². The number of allylic oxidation sites excluding steroid dienone is 1. The van der Waals surface area contributed by atoms with Gasteiger partial charge in [-0.25, -0.2) is 0 Å². The molecule has 0 saturated carbocycles. The van der Waals surface area contributed by atoms with Gasteiger partial charge in [0.25, 0.3) is 0 Å². The first-order valence-electron chi connectivity index (χ1n) is 12.0. The van der Waals surface area contributed by atoms with Crippen molar-refractivity contribution < 1.29 is 27.5 Å². The number of benzene rings is 3. The van der Waals surface area contributed by atoms with E-state index in [4.69, 9.17) is 4.74 Å². The Morgan fingerprint density at radius 1 is 0.778 bits per heavy atom. The van der Waals surface area contributed by atoms with E-state index in [1.54, 1.807) is 0 Å². The zero-order valence-electron chi connectivity index (χ0n) is 20.0. The first kappa shape index (κ1) is 25.8. The molecule has 0 bridgehead atoms. The predicted molar refractivity (Wildman–Crippen MR) is 139 cm³/mol. The summed E-state index contributed by atoms with van der Waals surface area (Å²) in [6, 6.07) is 28.2. The van der Waals surface area contributed by atoms with Gasteiger partial charge in [-0.3, -0.25) is 0 Å². The topological polar surface area (TPSA) is 43.4 Å². The molecule has 0 atom stereocenters. The summed E-state index contributed by atoms with van der Waals surface area (Å²) in [5, 5.41) is 2.74. The average molecular weight is 513 g/mol. The molecule has 7 heteroatoms. The van der Waals surface area contributed by atoms with Crippen LogP contribution in [0.25, 0.3) is 0 Å². The Bertz CT molecular complexity index is 1170. The quantitative estimate of drug-likeness (QED) is 0.141. The third kappa shape index (κ3) is 3.98. The van der Waals surface area contributed by atoms with Crippen LogP contribution in [0.1, 0.15) is 26.2 Å². The Hall–Kier alpha value is -3.24. The molecular weight excluding hydrogens is 484 g/mol. The van der Waals surface area contributed by atoms with E-state index >= 15 is 0 Å². The average Bonchev–Trinajstić information content (AvgIpc) is 2.90. The number of carbonyl (C=O) groups is 2. The van der Waals surface area contributed by atoms with E-state index in [2.05, 4.69) is 0 Å². The third-order valence-electron chi connectivity index (χ3n) is 7.10. The van der Waals surface area contributed by atoms with E-state index in [1.807, 2.05) is 91.0 Å². The number of carbonyl (C=O) groups excluding carboxylic acids is 2. The fourth-order valence-electron chi connectivity index (χ4n) is 5.73. The molecule has 0 N–H and O–H groups in total. The Morgan fingerprint density at radius 3 is 1.61 bits per heavy atom. The van der Waals surface area contributed by atoms with Crippen LogP contribution >= 0.6 is 6.60 Å². The molecular formula is C29H28F3O3P. The minimum absolute atomic E-state index is 0.140. The fourth-order valence-corrected chi connectivity index (χ4v) is 13.3. The van der Waals surface area contributed by atoms with Crippen LogP contribution in [0.4, 0.5) is 13.2 Å². The van der Waals surface area contributed by atoms with Crippen LogP contribution in [0.2, 0.25) is 0 Å². The van der Waals surface area contributed by atoms with E-state index in [0.717, 1.165) is 22.3 Å². The van der Waals surface area contributed by atoms with E-state index in [0.29, 0.717) is 12.6 Å². The fraction of sp³-hybridized carbons (Fsp3) is 0.241. The van der Waals surface area contributed by atoms with Crippen LogP contribution in [0.3, 0.4) is 0 Å². The molecule has 188 valence electrons. The third-order valence-corrected chi connectivity index (χ3v) is 14.3. The van der Waals surface area contributed by atoms with Gasteiger partial charge in [-0.15, -0.1) is 0 Å². The molecule has 0 radical (unpaired) electrons. The van der Waals surface area contributed by atoms with Crippen LogP contribution in [0, 0.1) is 0 Å². The van der Waals surface area contributed by atoms with Gasteiger partial charge in [0.1, 0.15) is 0 Å². The molecule has 0 aliphatic carbocycles. The van der Waals surface area contributed by atoms with Gasteiger partial charge < -0.3 is 0 Å². The number of Topliss-reactive ketones (excluding diaryl/α,β-unsaturated/α-hetero) is 1. The summed E-state index contributed by atoms with van der Waals surface area (Å²) in [5.41, 5.74) is -0.863. The minimum atomic E-state index is -5.23. The first-order valence-corrected chi connectivity index (χ1v) is 14.4. The van der Waals surface area contributed by atoms with E-state index < -0.39 is 30.1 Å². The summed E-state index contributed by atoms with van der Waals surface area (Å²) in [6.45, 7) is -2.58. The molecule has 0 unspecified atom stereocenters. The van der Waals surface area contributed by atoms with Gasteiger partial charge in [0.2, 0.25) is 0 Å². The van der Waals surface area contributed by atoms with Crippen molar-refractivity contribution >= 4 is 34.3 Å². The second-order valence-corrected chi connectivity index (χ2v) is 14.0. The molecule has 3 nitrogen and oxygen atoms in total. The Morgan fingerprint density at radius 2 is 1.22 bits per heavy atom. The van der Waals surface area contributed by atoms with E-state index in [9.17, 15) is 22.8 Å². The van der Waals surface area contributed by atoms with E-state index in [-0.39, 0.29) is 18.3 Å². The molecule has 1 saturated heterocycles. The molecule has 1 fully saturated rings. The zero-order chi connectivity index (χ0) is 25.8. The zero-order valence-corrected chi connectivity index (χ0v) is 20.9. The van der Waals surface area contributed by atoms with Gasteiger partial charge in [-0.05, 0) is 0 Å². The molecule has 1 heterocycles. The number of hydrogen-bond acceptors (Lipinski definition) is 3. The molecule has 0 spiro atoms. The molecule has 0 amide bonds. The maximum atomic E-state index is 14.1. The van der Waals surface area contributed by atoms with Crippen molar-refractivity contribution in [2.75, 3.05) is 12.8 Å². The molecule has 3 aromatic rings. The number of esters is 1. The molecule has 4 rings (SSSR count). The van der Waals surface area contributed by atoms with Crippen LogP contribution in [-0.2, 0) is 14.3 Å². The van der Waals surface area contributed by atoms with Crippen molar-refractivity contribution in [3.05, 3.63) is 102 Å². The van der Waals surface area contributed by atoms with Gasteiger partial charge in [0.15, 0.2) is 0 Å². The van der Waals surface area contributed by atoms with Crippen molar-refractivity contribution in [1.29, 1.82) is 0 Å². The van der Waals surface area contributed by atoms with Crippen molar-refractivity contribution in [3.63, 3.8) is 0 Å². The maximum absolute atomic E-state index is 14.1. The van der Waals surface area contributed by atoms with Gasteiger partial charge in [0.05, 0.1) is 0 Å². The number of alkyl halides is 3. The molecule has 36 heavy (non-hydrogen) atoms. The normalized spacial score (nSPS) is 19.4. The molecule has 1 aliphatic heterocycles. The second kappa shape index (κ2) is 10.0. The van der Waals surface area contributed by atoms with Gasteiger partial charge in [0, 0.05) is 0 Å². The summed E-state index contributed by atoms with van der Waals surface area (Å²) in [6.07, 6.45) is -3.24. The molecule has 3 aromatic carbocycles. The number of ketones is 1. The SMILES string of the molecule is CCOC(=O)/C(C(=O)C(F)(F)F)=C1/CCCCP1(c1ccccc1)(c1ccccc1)c1ccccc1. The van der Waals surface area contributed by atoms with Crippen LogP contribution in [0.5, 0.6) is 0 Å².